The number of esters is 1. The highest BCUT2D eigenvalue weighted by molar-refractivity contribution is 5.95. The maximum absolute atomic E-state index is 11.8. The van der Waals surface area contributed by atoms with E-state index in [1.54, 1.807) is 10.9 Å². The van der Waals surface area contributed by atoms with Gasteiger partial charge in [0, 0.05) is 6.54 Å². The largest absolute Gasteiger partial charge is 0.456 e. The van der Waals surface area contributed by atoms with Crippen LogP contribution in [-0.4, -0.2) is 27.9 Å². The van der Waals surface area contributed by atoms with Crippen LogP contribution in [0.3, 0.4) is 0 Å². The zero-order chi connectivity index (χ0) is 11.1. The molecule has 0 atom stereocenters. The zero-order valence-electron chi connectivity index (χ0n) is 9.20. The highest BCUT2D eigenvalue weighted by atomic mass is 16.6. The van der Waals surface area contributed by atoms with E-state index in [4.69, 9.17) is 4.74 Å². The van der Waals surface area contributed by atoms with Gasteiger partial charge in [-0.2, -0.15) is 5.10 Å². The molecule has 0 spiro atoms. The number of rotatable bonds is 1. The van der Waals surface area contributed by atoms with Gasteiger partial charge in [0.2, 0.25) is 0 Å². The van der Waals surface area contributed by atoms with Gasteiger partial charge < -0.3 is 10.1 Å². The number of carbonyl (C=O) groups excluding carboxylic acids is 1. The second-order valence-corrected chi connectivity index (χ2v) is 4.56. The summed E-state index contributed by atoms with van der Waals surface area (Å²) in [7, 11) is 0. The van der Waals surface area contributed by atoms with E-state index in [0.717, 1.165) is 18.9 Å². The van der Waals surface area contributed by atoms with Crippen LogP contribution in [0, 0.1) is 0 Å². The highest BCUT2D eigenvalue weighted by Gasteiger charge is 2.25. The van der Waals surface area contributed by atoms with Crippen LogP contribution in [-0.2, 0) is 11.3 Å². The van der Waals surface area contributed by atoms with Crippen LogP contribution in [0.4, 0.5) is 5.82 Å². The first kappa shape index (κ1) is 10.0. The predicted octanol–water partition coefficient (Wildman–Crippen LogP) is 1.26. The van der Waals surface area contributed by atoms with Crippen LogP contribution in [0.15, 0.2) is 6.20 Å². The molecule has 15 heavy (non-hydrogen) atoms. The summed E-state index contributed by atoms with van der Waals surface area (Å²) < 4.78 is 7.05. The van der Waals surface area contributed by atoms with Gasteiger partial charge in [-0.25, -0.2) is 9.48 Å². The Bertz CT molecular complexity index is 390. The molecule has 1 aliphatic rings. The quantitative estimate of drug-likeness (QED) is 0.707. The van der Waals surface area contributed by atoms with Crippen molar-refractivity contribution in [2.45, 2.75) is 32.9 Å². The Hall–Kier alpha value is -1.52. The fourth-order valence-corrected chi connectivity index (χ4v) is 1.50. The molecular formula is C10H15N3O2. The van der Waals surface area contributed by atoms with Crippen LogP contribution in [0.1, 0.15) is 31.1 Å². The van der Waals surface area contributed by atoms with Gasteiger partial charge >= 0.3 is 5.97 Å². The van der Waals surface area contributed by atoms with Crippen LogP contribution in [0.5, 0.6) is 0 Å². The molecule has 5 nitrogen and oxygen atoms in total. The SMILES string of the molecule is CC(C)(C)OC(=O)c1cnn2c1NCC2. The monoisotopic (exact) mass is 209 g/mol. The Morgan fingerprint density at radius 3 is 3.00 bits per heavy atom. The molecule has 0 amide bonds. The van der Waals surface area contributed by atoms with E-state index in [-0.39, 0.29) is 5.97 Å². The minimum Gasteiger partial charge on any atom is -0.456 e. The molecule has 0 radical (unpaired) electrons. The van der Waals surface area contributed by atoms with E-state index in [0.29, 0.717) is 5.56 Å². The van der Waals surface area contributed by atoms with Gasteiger partial charge in [0.1, 0.15) is 17.0 Å². The summed E-state index contributed by atoms with van der Waals surface area (Å²) >= 11 is 0. The number of nitrogens with one attached hydrogen (secondary N) is 1. The summed E-state index contributed by atoms with van der Waals surface area (Å²) in [4.78, 5) is 11.8. The maximum atomic E-state index is 11.8. The second-order valence-electron chi connectivity index (χ2n) is 4.56. The molecular weight excluding hydrogens is 194 g/mol. The zero-order valence-corrected chi connectivity index (χ0v) is 9.20. The summed E-state index contributed by atoms with van der Waals surface area (Å²) in [6.07, 6.45) is 1.55. The molecule has 0 unspecified atom stereocenters. The molecule has 2 heterocycles. The number of nitrogens with zero attached hydrogens (tertiary/aromatic N) is 2. The van der Waals surface area contributed by atoms with Crippen molar-refractivity contribution in [2.75, 3.05) is 11.9 Å². The summed E-state index contributed by atoms with van der Waals surface area (Å²) in [6.45, 7) is 7.17. The number of hydrogen-bond donors (Lipinski definition) is 1. The number of ether oxygens (including phenoxy) is 1. The van der Waals surface area contributed by atoms with Crippen molar-refractivity contribution in [2.24, 2.45) is 0 Å². The van der Waals surface area contributed by atoms with E-state index in [1.807, 2.05) is 20.8 Å². The molecule has 0 fully saturated rings. The molecule has 1 aromatic rings. The lowest BCUT2D eigenvalue weighted by Crippen LogP contribution is -2.24. The molecule has 0 saturated heterocycles. The van der Waals surface area contributed by atoms with Crippen molar-refractivity contribution in [3.8, 4) is 0 Å². The number of carbonyl (C=O) groups is 1. The first-order valence-corrected chi connectivity index (χ1v) is 5.00. The molecule has 0 aromatic carbocycles. The van der Waals surface area contributed by atoms with Gasteiger partial charge in [-0.1, -0.05) is 0 Å². The van der Waals surface area contributed by atoms with E-state index in [9.17, 15) is 4.79 Å². The van der Waals surface area contributed by atoms with E-state index >= 15 is 0 Å². The standard InChI is InChI=1S/C10H15N3O2/c1-10(2,3)15-9(14)7-6-12-13-5-4-11-8(7)13/h6,11H,4-5H2,1-3H3. The third-order valence-electron chi connectivity index (χ3n) is 2.07. The van der Waals surface area contributed by atoms with E-state index in [1.165, 1.54) is 0 Å². The fourth-order valence-electron chi connectivity index (χ4n) is 1.50. The van der Waals surface area contributed by atoms with Crippen molar-refractivity contribution in [3.63, 3.8) is 0 Å². The van der Waals surface area contributed by atoms with Gasteiger partial charge in [-0.3, -0.25) is 0 Å². The lowest BCUT2D eigenvalue weighted by atomic mass is 10.2. The summed E-state index contributed by atoms with van der Waals surface area (Å²) in [6, 6.07) is 0. The number of fused-ring (bicyclic) bond motifs is 1. The first-order chi connectivity index (χ1) is 6.97. The second kappa shape index (κ2) is 3.25. The molecule has 0 aliphatic carbocycles. The van der Waals surface area contributed by atoms with Crippen molar-refractivity contribution in [1.29, 1.82) is 0 Å². The summed E-state index contributed by atoms with van der Waals surface area (Å²) in [5.41, 5.74) is 0.0484. The lowest BCUT2D eigenvalue weighted by molar-refractivity contribution is 0.00708. The fraction of sp³-hybridized carbons (Fsp3) is 0.600. The summed E-state index contributed by atoms with van der Waals surface area (Å²) in [5, 5.41) is 7.22. The lowest BCUT2D eigenvalue weighted by Gasteiger charge is -2.19. The Morgan fingerprint density at radius 2 is 2.33 bits per heavy atom. The Morgan fingerprint density at radius 1 is 1.60 bits per heavy atom. The normalized spacial score (nSPS) is 14.6. The number of anilines is 1. The summed E-state index contributed by atoms with van der Waals surface area (Å²) in [5.74, 6) is 0.447. The minimum absolute atomic E-state index is 0.321. The van der Waals surface area contributed by atoms with Gasteiger partial charge in [-0.15, -0.1) is 0 Å². The smallest absolute Gasteiger partial charge is 0.344 e. The highest BCUT2D eigenvalue weighted by Crippen LogP contribution is 2.22. The maximum Gasteiger partial charge on any atom is 0.344 e. The van der Waals surface area contributed by atoms with Crippen molar-refractivity contribution in [1.82, 2.24) is 9.78 Å². The van der Waals surface area contributed by atoms with Gasteiger partial charge in [0.05, 0.1) is 12.7 Å². The average molecular weight is 209 g/mol. The minimum atomic E-state index is -0.468. The van der Waals surface area contributed by atoms with Crippen molar-refractivity contribution in [3.05, 3.63) is 11.8 Å². The number of hydrogen-bond acceptors (Lipinski definition) is 4. The molecule has 0 bridgehead atoms. The molecule has 5 heteroatoms. The van der Waals surface area contributed by atoms with Gasteiger partial charge in [0.25, 0.3) is 0 Å². The molecule has 1 aromatic heterocycles. The first-order valence-electron chi connectivity index (χ1n) is 5.00. The Balaban J connectivity index is 2.20. The average Bonchev–Trinajstić information content (AvgIpc) is 2.57. The number of aromatic nitrogens is 2. The third kappa shape index (κ3) is 1.95. The topological polar surface area (TPSA) is 56.1 Å². The molecule has 0 saturated carbocycles. The van der Waals surface area contributed by atoms with Crippen LogP contribution in [0.2, 0.25) is 0 Å². The molecule has 82 valence electrons. The predicted molar refractivity (Wildman–Crippen MR) is 55.9 cm³/mol. The van der Waals surface area contributed by atoms with Gasteiger partial charge in [0.15, 0.2) is 0 Å². The van der Waals surface area contributed by atoms with Crippen molar-refractivity contribution < 1.29 is 9.53 Å². The van der Waals surface area contributed by atoms with E-state index < -0.39 is 5.60 Å². The van der Waals surface area contributed by atoms with Crippen LogP contribution in [0.25, 0.3) is 0 Å². The molecule has 1 N–H and O–H groups in total. The van der Waals surface area contributed by atoms with Crippen molar-refractivity contribution >= 4 is 11.8 Å². The third-order valence-corrected chi connectivity index (χ3v) is 2.07. The van der Waals surface area contributed by atoms with E-state index in [2.05, 4.69) is 10.4 Å². The van der Waals surface area contributed by atoms with Crippen LogP contribution < -0.4 is 5.32 Å². The molecule has 1 aliphatic heterocycles. The molecule has 2 rings (SSSR count). The van der Waals surface area contributed by atoms with Crippen LogP contribution >= 0.6 is 0 Å². The Labute approximate surface area is 88.4 Å². The Kier molecular flexibility index (Phi) is 2.17. The van der Waals surface area contributed by atoms with Gasteiger partial charge in [-0.05, 0) is 20.8 Å².